The van der Waals surface area contributed by atoms with Crippen molar-refractivity contribution in [2.75, 3.05) is 19.8 Å². The number of esters is 1. The number of carbonyl (C=O) groups excluding carboxylic acids is 2. The zero-order valence-electron chi connectivity index (χ0n) is 40.2. The molecule has 1 amide bonds. The number of aromatic nitrogens is 4. The van der Waals surface area contributed by atoms with E-state index in [9.17, 15) is 55.1 Å². The second-order valence-electron chi connectivity index (χ2n) is 18.9. The Hall–Kier alpha value is -5.47. The number of fused-ring (bicyclic) bond motifs is 1. The molecule has 8 unspecified atom stereocenters. The molecule has 7 rings (SSSR count). The van der Waals surface area contributed by atoms with Gasteiger partial charge in [0.25, 0.3) is 5.69 Å². The lowest BCUT2D eigenvalue weighted by Gasteiger charge is -2.45. The highest BCUT2D eigenvalue weighted by atomic mass is 16.7. The first-order chi connectivity index (χ1) is 34.6. The minimum atomic E-state index is -1.71. The molecule has 2 aliphatic heterocycles. The number of aryl methyl sites for hydroxylation is 2. The van der Waals surface area contributed by atoms with Crippen LogP contribution in [0.3, 0.4) is 0 Å². The van der Waals surface area contributed by atoms with E-state index in [0.717, 1.165) is 48.6 Å². The number of H-pyrrole nitrogens is 1. The monoisotopic (exact) mass is 1010 g/mol. The zero-order chi connectivity index (χ0) is 51.5. The van der Waals surface area contributed by atoms with Gasteiger partial charge in [-0.15, -0.1) is 5.10 Å². The van der Waals surface area contributed by atoms with Crippen molar-refractivity contribution in [3.8, 4) is 0 Å². The number of nitro benzene ring substituents is 1. The summed E-state index contributed by atoms with van der Waals surface area (Å²) in [4.78, 5) is 53.6. The summed E-state index contributed by atoms with van der Waals surface area (Å²) in [5, 5.41) is 87.6. The van der Waals surface area contributed by atoms with Gasteiger partial charge in [-0.25, -0.2) is 9.59 Å². The Labute approximate surface area is 414 Å². The van der Waals surface area contributed by atoms with Crippen LogP contribution < -0.4 is 5.32 Å². The lowest BCUT2D eigenvalue weighted by atomic mass is 9.85. The van der Waals surface area contributed by atoms with Crippen LogP contribution in [0.2, 0.25) is 0 Å². The molecule has 0 spiro atoms. The van der Waals surface area contributed by atoms with Crippen LogP contribution in [0, 0.1) is 22.0 Å². The van der Waals surface area contributed by atoms with E-state index in [1.807, 2.05) is 6.20 Å². The van der Waals surface area contributed by atoms with Gasteiger partial charge in [0.2, 0.25) is 5.91 Å². The maximum Gasteiger partial charge on any atom is 0.338 e. The molecule has 3 aliphatic rings. The van der Waals surface area contributed by atoms with Gasteiger partial charge in [-0.2, -0.15) is 0 Å². The standard InChI is InChI=1S/C49H66N6O17/c1-27(13-16-39(57)50-19-17-32-24-54(53-52-32)20-18-31-23-51-35-15-14-33(55(65)66)22-34(31)35)38(71-48-43(61)42(60)40(58)28(2)68-48)26-67-49-45(72-47(64)30-11-7-4-8-12-30)44(41(59)37(25-56)70-49)69-36(46(62)63)21-29-9-5-3-6-10-29/h4,7-8,11-12,14-15,22-24,27-29,36-38,40-45,48-49,51,56,58-61H,3,5-6,9-10,13,16-21,25-26H2,1-2H3,(H,50,57)(H,62,63)/t27?,28?,36-,37?,38?,40+,41-,42?,43?,44?,45?,48-,49+/m0/s1. The molecule has 1 aliphatic carbocycles. The normalized spacial score (nSPS) is 27.2. The molecule has 8 N–H and O–H groups in total. The van der Waals surface area contributed by atoms with E-state index in [-0.39, 0.29) is 48.9 Å². The van der Waals surface area contributed by atoms with Crippen LogP contribution in [0.5, 0.6) is 0 Å². The number of nitro groups is 1. The third kappa shape index (κ3) is 14.0. The highest BCUT2D eigenvalue weighted by Gasteiger charge is 2.51. The third-order valence-electron chi connectivity index (χ3n) is 13.8. The van der Waals surface area contributed by atoms with E-state index in [1.165, 1.54) is 31.2 Å². The predicted octanol–water partition coefficient (Wildman–Crippen LogP) is 2.33. The number of nitrogens with one attached hydrogen (secondary N) is 2. The fourth-order valence-electron chi connectivity index (χ4n) is 9.43. The van der Waals surface area contributed by atoms with Crippen molar-refractivity contribution < 1.29 is 78.4 Å². The van der Waals surface area contributed by atoms with Crippen LogP contribution in [-0.4, -0.2) is 167 Å². The molecule has 394 valence electrons. The highest BCUT2D eigenvalue weighted by molar-refractivity contribution is 5.89. The third-order valence-corrected chi connectivity index (χ3v) is 13.8. The van der Waals surface area contributed by atoms with E-state index in [1.54, 1.807) is 42.1 Å². The number of carbonyl (C=O) groups is 3. The van der Waals surface area contributed by atoms with Crippen LogP contribution in [0.25, 0.3) is 10.9 Å². The lowest BCUT2D eigenvalue weighted by molar-refractivity contribution is -0.384. The average molecular weight is 1010 g/mol. The first-order valence-electron chi connectivity index (χ1n) is 24.6. The molecule has 23 heteroatoms. The molecular formula is C49H66N6O17. The average Bonchev–Trinajstić information content (AvgIpc) is 4.02. The number of hydrogen-bond donors (Lipinski definition) is 8. The molecule has 0 radical (unpaired) electrons. The summed E-state index contributed by atoms with van der Waals surface area (Å²) >= 11 is 0. The molecule has 1 saturated carbocycles. The summed E-state index contributed by atoms with van der Waals surface area (Å²) in [6, 6.07) is 12.6. The predicted molar refractivity (Wildman–Crippen MR) is 252 cm³/mol. The maximum absolute atomic E-state index is 13.7. The molecule has 4 heterocycles. The summed E-state index contributed by atoms with van der Waals surface area (Å²) in [5.41, 5.74) is 2.42. The smallest absolute Gasteiger partial charge is 0.338 e. The number of benzene rings is 2. The van der Waals surface area contributed by atoms with Crippen molar-refractivity contribution in [3.05, 3.63) is 87.9 Å². The van der Waals surface area contributed by atoms with E-state index in [2.05, 4.69) is 20.6 Å². The van der Waals surface area contributed by atoms with Gasteiger partial charge in [0.15, 0.2) is 24.8 Å². The van der Waals surface area contributed by atoms with Crippen molar-refractivity contribution in [1.82, 2.24) is 25.3 Å². The Kier molecular flexibility index (Phi) is 19.2. The molecular weight excluding hydrogens is 945 g/mol. The Morgan fingerprint density at radius 2 is 1.72 bits per heavy atom. The summed E-state index contributed by atoms with van der Waals surface area (Å²) in [7, 11) is 0. The number of nitrogens with zero attached hydrogens (tertiary/aromatic N) is 4. The lowest BCUT2D eigenvalue weighted by Crippen LogP contribution is -2.63. The molecule has 2 aromatic carbocycles. The Bertz CT molecular complexity index is 2400. The number of amides is 1. The molecule has 3 fully saturated rings. The second-order valence-corrected chi connectivity index (χ2v) is 18.9. The van der Waals surface area contributed by atoms with Crippen molar-refractivity contribution in [2.45, 2.75) is 158 Å². The Morgan fingerprint density at radius 1 is 0.958 bits per heavy atom. The van der Waals surface area contributed by atoms with Crippen molar-refractivity contribution in [3.63, 3.8) is 0 Å². The van der Waals surface area contributed by atoms with E-state index < -0.39 is 110 Å². The van der Waals surface area contributed by atoms with Crippen molar-refractivity contribution in [2.24, 2.45) is 11.8 Å². The number of aliphatic hydroxyl groups excluding tert-OH is 5. The summed E-state index contributed by atoms with van der Waals surface area (Å²) in [6.07, 6.45) is -8.29. The molecule has 72 heavy (non-hydrogen) atoms. The number of aromatic amines is 1. The van der Waals surface area contributed by atoms with Crippen LogP contribution in [0.1, 0.15) is 86.8 Å². The number of ether oxygens (including phenoxy) is 6. The van der Waals surface area contributed by atoms with E-state index in [4.69, 9.17) is 28.4 Å². The highest BCUT2D eigenvalue weighted by Crippen LogP contribution is 2.34. The van der Waals surface area contributed by atoms with Gasteiger partial charge in [0.05, 0.1) is 41.6 Å². The number of aliphatic hydroxyl groups is 5. The minimum Gasteiger partial charge on any atom is -0.479 e. The summed E-state index contributed by atoms with van der Waals surface area (Å²) in [5.74, 6) is -2.99. The van der Waals surface area contributed by atoms with Gasteiger partial charge in [0, 0.05) is 61.4 Å². The van der Waals surface area contributed by atoms with Crippen molar-refractivity contribution >= 4 is 34.4 Å². The number of carboxylic acid groups (broad SMARTS) is 1. The van der Waals surface area contributed by atoms with Gasteiger partial charge in [0.1, 0.15) is 36.6 Å². The van der Waals surface area contributed by atoms with Crippen LogP contribution in [0.4, 0.5) is 5.69 Å². The topological polar surface area (TPSA) is 330 Å². The number of rotatable bonds is 24. The molecule has 4 aromatic rings. The zero-order valence-corrected chi connectivity index (χ0v) is 40.2. The maximum atomic E-state index is 13.7. The van der Waals surface area contributed by atoms with E-state index in [0.29, 0.717) is 25.1 Å². The first-order valence-corrected chi connectivity index (χ1v) is 24.6. The van der Waals surface area contributed by atoms with Gasteiger partial charge in [-0.3, -0.25) is 19.6 Å². The first kappa shape index (κ1) is 54.3. The fraction of sp³-hybridized carbons (Fsp3) is 0.612. The van der Waals surface area contributed by atoms with Crippen LogP contribution in [-0.2, 0) is 57.4 Å². The largest absolute Gasteiger partial charge is 0.479 e. The summed E-state index contributed by atoms with van der Waals surface area (Å²) < 4.78 is 38.1. The molecule has 23 nitrogen and oxygen atoms in total. The molecule has 2 saturated heterocycles. The van der Waals surface area contributed by atoms with Crippen LogP contribution >= 0.6 is 0 Å². The molecule has 2 aromatic heterocycles. The SMILES string of the molecule is CC(CCC(=O)NCCc1cn(CCc2c[nH]c3ccc([N+](=O)[O-])cc23)nn1)C(CO[C@@H]1OC(CO)[C@H](O)C(O[C@@H](CC2CCCCC2)C(=O)O)C1OC(=O)c1ccccc1)O[C@@H]1OC(C)[C@@H](O)C(O)C1O. The number of aliphatic carboxylic acids is 1. The molecule has 13 atom stereocenters. The van der Waals surface area contributed by atoms with Gasteiger partial charge < -0.3 is 69.4 Å². The fourth-order valence-corrected chi connectivity index (χ4v) is 9.43. The number of hydrogen-bond acceptors (Lipinski definition) is 18. The van der Waals surface area contributed by atoms with Gasteiger partial charge in [-0.1, -0.05) is 62.4 Å². The van der Waals surface area contributed by atoms with E-state index >= 15 is 0 Å². The van der Waals surface area contributed by atoms with Crippen molar-refractivity contribution in [1.29, 1.82) is 0 Å². The second kappa shape index (κ2) is 25.5. The number of carboxylic acids is 1. The quantitative estimate of drug-likeness (QED) is 0.0284. The van der Waals surface area contributed by atoms with Crippen LogP contribution in [0.15, 0.2) is 60.9 Å². The molecule has 0 bridgehead atoms. The minimum absolute atomic E-state index is 0.00200. The van der Waals surface area contributed by atoms with Gasteiger partial charge in [-0.05, 0) is 61.8 Å². The van der Waals surface area contributed by atoms with Gasteiger partial charge >= 0.3 is 11.9 Å². The number of non-ortho nitro benzene ring substituents is 1. The Morgan fingerprint density at radius 3 is 2.44 bits per heavy atom. The Balaban J connectivity index is 1.01. The summed E-state index contributed by atoms with van der Waals surface area (Å²) in [6.45, 7) is 2.73.